The van der Waals surface area contributed by atoms with E-state index < -0.39 is 10.0 Å². The Morgan fingerprint density at radius 3 is 2.28 bits per heavy atom. The second-order valence-electron chi connectivity index (χ2n) is 7.62. The number of benzene rings is 2. The standard InChI is InChI=1S/C24H25FN2O3S2/c1-17(2)27-32(29,30)16-20-7-5-19(6-8-20)15-26-24(28)22(23-4-3-13-31-23)14-18-9-11-21(25)12-10-18/h3-14,17,27H,15-16H2,1-2H3,(H,26,28)/b22-14+. The Kier molecular flexibility index (Phi) is 7.95. The van der Waals surface area contributed by atoms with E-state index in [1.165, 1.54) is 23.5 Å². The van der Waals surface area contributed by atoms with E-state index in [0.29, 0.717) is 17.7 Å². The summed E-state index contributed by atoms with van der Waals surface area (Å²) in [5.74, 6) is -0.675. The first-order valence-corrected chi connectivity index (χ1v) is 12.6. The maximum absolute atomic E-state index is 13.2. The van der Waals surface area contributed by atoms with Gasteiger partial charge in [0, 0.05) is 17.5 Å². The summed E-state index contributed by atoms with van der Waals surface area (Å²) >= 11 is 1.45. The van der Waals surface area contributed by atoms with Crippen LogP contribution >= 0.6 is 11.3 Å². The van der Waals surface area contributed by atoms with Crippen LogP contribution < -0.4 is 10.0 Å². The van der Waals surface area contributed by atoms with Crippen molar-refractivity contribution in [1.82, 2.24) is 10.0 Å². The number of amides is 1. The number of carbonyl (C=O) groups excluding carboxylic acids is 1. The van der Waals surface area contributed by atoms with Gasteiger partial charge >= 0.3 is 0 Å². The summed E-state index contributed by atoms with van der Waals surface area (Å²) in [6, 6.07) is 16.6. The first-order chi connectivity index (χ1) is 15.2. The largest absolute Gasteiger partial charge is 0.348 e. The third-order valence-electron chi connectivity index (χ3n) is 4.46. The van der Waals surface area contributed by atoms with E-state index in [0.717, 1.165) is 16.0 Å². The van der Waals surface area contributed by atoms with Gasteiger partial charge in [0.1, 0.15) is 5.82 Å². The summed E-state index contributed by atoms with van der Waals surface area (Å²) in [7, 11) is -3.39. The third kappa shape index (κ3) is 7.12. The van der Waals surface area contributed by atoms with Gasteiger partial charge < -0.3 is 5.32 Å². The lowest BCUT2D eigenvalue weighted by atomic mass is 10.1. The van der Waals surface area contributed by atoms with Crippen molar-refractivity contribution in [2.45, 2.75) is 32.2 Å². The van der Waals surface area contributed by atoms with Crippen molar-refractivity contribution in [2.75, 3.05) is 0 Å². The molecule has 0 aliphatic rings. The van der Waals surface area contributed by atoms with Gasteiger partial charge in [-0.25, -0.2) is 17.5 Å². The van der Waals surface area contributed by atoms with Crippen LogP contribution in [0.4, 0.5) is 4.39 Å². The van der Waals surface area contributed by atoms with Crippen molar-refractivity contribution in [3.63, 3.8) is 0 Å². The minimum Gasteiger partial charge on any atom is -0.348 e. The zero-order chi connectivity index (χ0) is 23.1. The molecule has 0 atom stereocenters. The van der Waals surface area contributed by atoms with Crippen LogP contribution in [0.3, 0.4) is 0 Å². The Hall–Kier alpha value is -2.81. The number of carbonyl (C=O) groups is 1. The summed E-state index contributed by atoms with van der Waals surface area (Å²) in [5, 5.41) is 4.80. The van der Waals surface area contributed by atoms with E-state index in [1.807, 2.05) is 17.5 Å². The number of halogens is 1. The lowest BCUT2D eigenvalue weighted by Gasteiger charge is -2.11. The van der Waals surface area contributed by atoms with Crippen LogP contribution in [-0.2, 0) is 27.1 Å². The maximum atomic E-state index is 13.2. The highest BCUT2D eigenvalue weighted by Gasteiger charge is 2.15. The van der Waals surface area contributed by atoms with Gasteiger partial charge in [-0.2, -0.15) is 0 Å². The van der Waals surface area contributed by atoms with Gasteiger partial charge in [-0.3, -0.25) is 4.79 Å². The molecule has 1 aromatic heterocycles. The van der Waals surface area contributed by atoms with Crippen molar-refractivity contribution in [3.8, 4) is 0 Å². The molecule has 0 saturated carbocycles. The predicted molar refractivity (Wildman–Crippen MR) is 128 cm³/mol. The first-order valence-electron chi connectivity index (χ1n) is 10.1. The van der Waals surface area contributed by atoms with Gasteiger partial charge in [0.25, 0.3) is 5.91 Å². The number of hydrogen-bond donors (Lipinski definition) is 2. The molecule has 0 fully saturated rings. The predicted octanol–water partition coefficient (Wildman–Crippen LogP) is 4.57. The van der Waals surface area contributed by atoms with E-state index in [-0.39, 0.29) is 23.5 Å². The lowest BCUT2D eigenvalue weighted by molar-refractivity contribution is -0.115. The molecule has 8 heteroatoms. The average molecular weight is 473 g/mol. The molecule has 0 saturated heterocycles. The zero-order valence-electron chi connectivity index (χ0n) is 17.8. The van der Waals surface area contributed by atoms with Crippen LogP contribution in [0.5, 0.6) is 0 Å². The summed E-state index contributed by atoms with van der Waals surface area (Å²) in [4.78, 5) is 13.7. The van der Waals surface area contributed by atoms with Gasteiger partial charge in [-0.1, -0.05) is 42.5 Å². The molecule has 1 heterocycles. The van der Waals surface area contributed by atoms with Gasteiger partial charge in [0.2, 0.25) is 10.0 Å². The molecule has 0 radical (unpaired) electrons. The Balaban J connectivity index is 1.68. The topological polar surface area (TPSA) is 75.3 Å². The van der Waals surface area contributed by atoms with E-state index in [2.05, 4.69) is 10.0 Å². The van der Waals surface area contributed by atoms with Gasteiger partial charge in [-0.05, 0) is 60.2 Å². The summed E-state index contributed by atoms with van der Waals surface area (Å²) in [5.41, 5.74) is 2.74. The monoisotopic (exact) mass is 472 g/mol. The van der Waals surface area contributed by atoms with Crippen LogP contribution in [0.2, 0.25) is 0 Å². The fourth-order valence-electron chi connectivity index (χ4n) is 3.06. The zero-order valence-corrected chi connectivity index (χ0v) is 19.5. The van der Waals surface area contributed by atoms with E-state index >= 15 is 0 Å². The van der Waals surface area contributed by atoms with Crippen molar-refractivity contribution in [3.05, 3.63) is 93.4 Å². The third-order valence-corrected chi connectivity index (χ3v) is 6.91. The molecule has 2 aromatic carbocycles. The van der Waals surface area contributed by atoms with Crippen molar-refractivity contribution in [2.24, 2.45) is 0 Å². The smallest absolute Gasteiger partial charge is 0.253 e. The Bertz CT molecular complexity index is 1170. The molecule has 0 bridgehead atoms. The Morgan fingerprint density at radius 1 is 1.03 bits per heavy atom. The SMILES string of the molecule is CC(C)NS(=O)(=O)Cc1ccc(CNC(=O)/C(=C/c2ccc(F)cc2)c2cccs2)cc1. The molecule has 168 valence electrons. The molecule has 3 rings (SSSR count). The van der Waals surface area contributed by atoms with Gasteiger partial charge in [-0.15, -0.1) is 11.3 Å². The Morgan fingerprint density at radius 2 is 1.69 bits per heavy atom. The molecule has 0 spiro atoms. The number of thiophene rings is 1. The summed E-state index contributed by atoms with van der Waals surface area (Å²) < 4.78 is 39.9. The van der Waals surface area contributed by atoms with Crippen molar-refractivity contribution >= 4 is 38.9 Å². The molecule has 0 aliphatic carbocycles. The molecular weight excluding hydrogens is 447 g/mol. The van der Waals surface area contributed by atoms with E-state index in [1.54, 1.807) is 56.3 Å². The van der Waals surface area contributed by atoms with Crippen molar-refractivity contribution in [1.29, 1.82) is 0 Å². The van der Waals surface area contributed by atoms with Crippen LogP contribution in [0.25, 0.3) is 11.6 Å². The molecule has 0 aliphatic heterocycles. The lowest BCUT2D eigenvalue weighted by Crippen LogP contribution is -2.31. The molecule has 5 nitrogen and oxygen atoms in total. The molecule has 1 amide bonds. The molecule has 0 unspecified atom stereocenters. The highest BCUT2D eigenvalue weighted by molar-refractivity contribution is 7.88. The highest BCUT2D eigenvalue weighted by Crippen LogP contribution is 2.23. The average Bonchev–Trinajstić information content (AvgIpc) is 3.26. The van der Waals surface area contributed by atoms with Crippen LogP contribution in [0.1, 0.15) is 35.4 Å². The molecular formula is C24H25FN2O3S2. The minimum absolute atomic E-state index is 0.0965. The van der Waals surface area contributed by atoms with Gasteiger partial charge in [0.15, 0.2) is 0 Å². The number of hydrogen-bond acceptors (Lipinski definition) is 4. The van der Waals surface area contributed by atoms with E-state index in [9.17, 15) is 17.6 Å². The van der Waals surface area contributed by atoms with Crippen LogP contribution in [0, 0.1) is 5.82 Å². The minimum atomic E-state index is -3.39. The summed E-state index contributed by atoms with van der Waals surface area (Å²) in [6.07, 6.45) is 1.73. The van der Waals surface area contributed by atoms with Crippen molar-refractivity contribution < 1.29 is 17.6 Å². The molecule has 32 heavy (non-hydrogen) atoms. The maximum Gasteiger partial charge on any atom is 0.253 e. The molecule has 2 N–H and O–H groups in total. The quantitative estimate of drug-likeness (QED) is 0.448. The van der Waals surface area contributed by atoms with Crippen LogP contribution in [0.15, 0.2) is 66.0 Å². The second-order valence-corrected chi connectivity index (χ2v) is 10.3. The molecule has 3 aromatic rings. The first kappa shape index (κ1) is 23.8. The normalized spacial score (nSPS) is 12.2. The number of rotatable bonds is 9. The second kappa shape index (κ2) is 10.7. The fraction of sp³-hybridized carbons (Fsp3) is 0.208. The van der Waals surface area contributed by atoms with Gasteiger partial charge in [0.05, 0.1) is 11.3 Å². The highest BCUT2D eigenvalue weighted by atomic mass is 32.2. The fourth-order valence-corrected chi connectivity index (χ4v) is 5.23. The Labute approximate surface area is 192 Å². The van der Waals surface area contributed by atoms with E-state index in [4.69, 9.17) is 0 Å². The van der Waals surface area contributed by atoms with Crippen LogP contribution in [-0.4, -0.2) is 20.4 Å². The summed E-state index contributed by atoms with van der Waals surface area (Å²) in [6.45, 7) is 3.85. The number of sulfonamides is 1. The number of nitrogens with one attached hydrogen (secondary N) is 2.